The fourth-order valence-electron chi connectivity index (χ4n) is 3.80. The first-order valence-electron chi connectivity index (χ1n) is 8.84. The van der Waals surface area contributed by atoms with Crippen LogP contribution < -0.4 is 5.32 Å². The van der Waals surface area contributed by atoms with Gasteiger partial charge in [-0.25, -0.2) is 13.9 Å². The fourth-order valence-corrected chi connectivity index (χ4v) is 4.17. The van der Waals surface area contributed by atoms with E-state index >= 15 is 0 Å². The maximum Gasteiger partial charge on any atom is 0.254 e. The molecule has 2 aliphatic rings. The molecule has 1 fully saturated rings. The van der Waals surface area contributed by atoms with E-state index in [1.807, 2.05) is 12.1 Å². The minimum Gasteiger partial charge on any atom is -0.328 e. The molecular formula is C19H15BrFN5O2. The average Bonchev–Trinajstić information content (AvgIpc) is 3.29. The van der Waals surface area contributed by atoms with Crippen molar-refractivity contribution in [1.82, 2.24) is 19.5 Å². The molecular weight excluding hydrogens is 429 g/mol. The van der Waals surface area contributed by atoms with Crippen LogP contribution >= 0.6 is 15.9 Å². The number of carbonyl (C=O) groups is 2. The lowest BCUT2D eigenvalue weighted by molar-refractivity contribution is -0.117. The molecule has 1 aromatic carbocycles. The van der Waals surface area contributed by atoms with Crippen molar-refractivity contribution >= 4 is 39.2 Å². The molecule has 1 saturated carbocycles. The van der Waals surface area contributed by atoms with E-state index in [2.05, 4.69) is 31.3 Å². The van der Waals surface area contributed by atoms with Crippen molar-refractivity contribution < 1.29 is 14.0 Å². The number of hydrogen-bond donors (Lipinski definition) is 1. The van der Waals surface area contributed by atoms with E-state index in [-0.39, 0.29) is 23.7 Å². The van der Waals surface area contributed by atoms with E-state index in [0.717, 1.165) is 29.1 Å². The Morgan fingerprint density at radius 2 is 2.14 bits per heavy atom. The second kappa shape index (κ2) is 6.10. The third-order valence-corrected chi connectivity index (χ3v) is 5.84. The first-order valence-corrected chi connectivity index (χ1v) is 9.64. The Hall–Kier alpha value is -2.81. The first-order chi connectivity index (χ1) is 13.4. The maximum absolute atomic E-state index is 14.2. The Morgan fingerprint density at radius 3 is 2.93 bits per heavy atom. The number of nitrogens with one attached hydrogen (secondary N) is 1. The Morgan fingerprint density at radius 1 is 1.32 bits per heavy atom. The number of halogens is 2. The van der Waals surface area contributed by atoms with E-state index in [0.29, 0.717) is 17.8 Å². The molecule has 5 rings (SSSR count). The number of carbonyl (C=O) groups excluding carboxylic acids is 2. The molecule has 142 valence electrons. The highest BCUT2D eigenvalue weighted by atomic mass is 79.9. The van der Waals surface area contributed by atoms with Gasteiger partial charge in [-0.2, -0.15) is 5.10 Å². The lowest BCUT2D eigenvalue weighted by Gasteiger charge is -2.34. The summed E-state index contributed by atoms with van der Waals surface area (Å²) in [6.07, 6.45) is 4.60. The first kappa shape index (κ1) is 17.3. The third-order valence-electron chi connectivity index (χ3n) is 5.35. The molecule has 0 atom stereocenters. The number of fused-ring (bicyclic) bond motifs is 3. The van der Waals surface area contributed by atoms with Crippen LogP contribution in [0.15, 0.2) is 41.1 Å². The lowest BCUT2D eigenvalue weighted by Crippen LogP contribution is -2.46. The van der Waals surface area contributed by atoms with Crippen molar-refractivity contribution in [3.63, 3.8) is 0 Å². The highest BCUT2D eigenvalue weighted by Crippen LogP contribution is 2.52. The zero-order valence-corrected chi connectivity index (χ0v) is 16.2. The number of anilines is 1. The van der Waals surface area contributed by atoms with Gasteiger partial charge in [0.25, 0.3) is 5.91 Å². The van der Waals surface area contributed by atoms with Crippen LogP contribution in [-0.4, -0.2) is 44.4 Å². The van der Waals surface area contributed by atoms with Gasteiger partial charge in [0.05, 0.1) is 12.4 Å². The lowest BCUT2D eigenvalue weighted by atomic mass is 9.86. The van der Waals surface area contributed by atoms with Gasteiger partial charge in [-0.1, -0.05) is 15.9 Å². The van der Waals surface area contributed by atoms with Gasteiger partial charge in [0, 0.05) is 28.1 Å². The van der Waals surface area contributed by atoms with Crippen LogP contribution in [0.1, 0.15) is 28.8 Å². The summed E-state index contributed by atoms with van der Waals surface area (Å²) in [5.74, 6) is -1.54. The van der Waals surface area contributed by atoms with Crippen molar-refractivity contribution in [1.29, 1.82) is 0 Å². The van der Waals surface area contributed by atoms with E-state index in [4.69, 9.17) is 0 Å². The zero-order chi connectivity index (χ0) is 19.5. The summed E-state index contributed by atoms with van der Waals surface area (Å²) in [4.78, 5) is 31.0. The quantitative estimate of drug-likeness (QED) is 0.674. The van der Waals surface area contributed by atoms with E-state index in [9.17, 15) is 14.0 Å². The standard InChI is InChI=1S/C19H15BrFN5O2/c20-11-1-2-12-13(7-11)19(4-5-19)10-25(18(12)28)9-16(27)24-17-14(21)8-26-15(23-17)3-6-22-26/h1-3,6-8H,4-5,9-10H2,(H,23,24,27). The molecule has 1 N–H and O–H groups in total. The number of benzene rings is 1. The van der Waals surface area contributed by atoms with Gasteiger partial charge in [0.1, 0.15) is 6.54 Å². The Kier molecular flexibility index (Phi) is 3.77. The molecule has 0 radical (unpaired) electrons. The summed E-state index contributed by atoms with van der Waals surface area (Å²) < 4.78 is 16.4. The van der Waals surface area contributed by atoms with Crippen molar-refractivity contribution in [3.05, 3.63) is 58.1 Å². The third kappa shape index (κ3) is 2.77. The van der Waals surface area contributed by atoms with Gasteiger partial charge in [0.2, 0.25) is 5.91 Å². The molecule has 0 saturated heterocycles. The highest BCUT2D eigenvalue weighted by Gasteiger charge is 2.51. The van der Waals surface area contributed by atoms with Crippen LogP contribution in [0.3, 0.4) is 0 Å². The maximum atomic E-state index is 14.2. The summed E-state index contributed by atoms with van der Waals surface area (Å²) in [7, 11) is 0. The molecule has 3 aromatic rings. The largest absolute Gasteiger partial charge is 0.328 e. The monoisotopic (exact) mass is 443 g/mol. The van der Waals surface area contributed by atoms with Crippen molar-refractivity contribution in [2.24, 2.45) is 0 Å². The molecule has 2 amide bonds. The van der Waals surface area contributed by atoms with E-state index < -0.39 is 11.7 Å². The molecule has 3 heterocycles. The molecule has 1 spiro atoms. The summed E-state index contributed by atoms with van der Waals surface area (Å²) >= 11 is 3.47. The minimum atomic E-state index is -0.691. The predicted molar refractivity (Wildman–Crippen MR) is 103 cm³/mol. The number of aromatic nitrogens is 3. The van der Waals surface area contributed by atoms with E-state index in [1.165, 1.54) is 15.6 Å². The topological polar surface area (TPSA) is 79.6 Å². The van der Waals surface area contributed by atoms with Gasteiger partial charge in [-0.05, 0) is 36.6 Å². The van der Waals surface area contributed by atoms with Crippen LogP contribution in [0.2, 0.25) is 0 Å². The second-order valence-corrected chi connectivity index (χ2v) is 8.17. The molecule has 28 heavy (non-hydrogen) atoms. The smallest absolute Gasteiger partial charge is 0.254 e. The Labute approximate surface area is 167 Å². The van der Waals surface area contributed by atoms with Crippen LogP contribution in [0, 0.1) is 5.82 Å². The van der Waals surface area contributed by atoms with Crippen LogP contribution in [0.5, 0.6) is 0 Å². The van der Waals surface area contributed by atoms with Gasteiger partial charge < -0.3 is 10.2 Å². The molecule has 1 aliphatic carbocycles. The van der Waals surface area contributed by atoms with Crippen molar-refractivity contribution in [2.45, 2.75) is 18.3 Å². The minimum absolute atomic E-state index is 0.0761. The van der Waals surface area contributed by atoms with E-state index in [1.54, 1.807) is 12.1 Å². The van der Waals surface area contributed by atoms with Gasteiger partial charge in [0.15, 0.2) is 17.3 Å². The predicted octanol–water partition coefficient (Wildman–Crippen LogP) is 2.76. The average molecular weight is 444 g/mol. The summed E-state index contributed by atoms with van der Waals surface area (Å²) in [5, 5.41) is 6.37. The highest BCUT2D eigenvalue weighted by molar-refractivity contribution is 9.10. The fraction of sp³-hybridized carbons (Fsp3) is 0.263. The summed E-state index contributed by atoms with van der Waals surface area (Å²) in [5.41, 5.74) is 2.02. The SMILES string of the molecule is O=C(CN1CC2(CC2)c2cc(Br)ccc2C1=O)Nc1nc2ccnn2cc1F. The Balaban J connectivity index is 1.37. The molecule has 7 nitrogen and oxygen atoms in total. The number of nitrogens with zero attached hydrogens (tertiary/aromatic N) is 4. The number of hydrogen-bond acceptors (Lipinski definition) is 4. The number of amides is 2. The van der Waals surface area contributed by atoms with Crippen molar-refractivity contribution in [3.8, 4) is 0 Å². The number of rotatable bonds is 3. The molecule has 0 bridgehead atoms. The zero-order valence-electron chi connectivity index (χ0n) is 14.7. The molecule has 9 heteroatoms. The van der Waals surface area contributed by atoms with Gasteiger partial charge in [-0.3, -0.25) is 9.59 Å². The van der Waals surface area contributed by atoms with Gasteiger partial charge in [-0.15, -0.1) is 0 Å². The molecule has 0 unspecified atom stereocenters. The summed E-state index contributed by atoms with van der Waals surface area (Å²) in [6.45, 7) is 0.335. The van der Waals surface area contributed by atoms with Crippen LogP contribution in [0.4, 0.5) is 10.2 Å². The molecule has 2 aromatic heterocycles. The van der Waals surface area contributed by atoms with Crippen LogP contribution in [0.25, 0.3) is 5.65 Å². The van der Waals surface area contributed by atoms with Gasteiger partial charge >= 0.3 is 0 Å². The summed E-state index contributed by atoms with van der Waals surface area (Å²) in [6, 6.07) is 7.23. The molecule has 1 aliphatic heterocycles. The second-order valence-electron chi connectivity index (χ2n) is 7.25. The Bertz CT molecular complexity index is 1140. The van der Waals surface area contributed by atoms with Crippen LogP contribution in [-0.2, 0) is 10.2 Å². The van der Waals surface area contributed by atoms with Crippen molar-refractivity contribution in [2.75, 3.05) is 18.4 Å². The normalized spacial score (nSPS) is 17.1.